The molecule has 0 radical (unpaired) electrons. The Balaban J connectivity index is 1.42. The number of carboxylic acid groups (broad SMARTS) is 1. The fourth-order valence-corrected chi connectivity index (χ4v) is 4.54. The van der Waals surface area contributed by atoms with Crippen LogP contribution in [0.5, 0.6) is 0 Å². The van der Waals surface area contributed by atoms with Gasteiger partial charge in [-0.05, 0) is 30.2 Å². The van der Waals surface area contributed by atoms with Crippen LogP contribution >= 0.6 is 11.3 Å². The minimum atomic E-state index is -1.32. The summed E-state index contributed by atoms with van der Waals surface area (Å²) < 4.78 is 1.52. The second-order valence-electron chi connectivity index (χ2n) is 8.16. The lowest BCUT2D eigenvalue weighted by Gasteiger charge is -2.39. The highest BCUT2D eigenvalue weighted by molar-refractivity contribution is 7.12. The molecule has 4 aromatic rings. The summed E-state index contributed by atoms with van der Waals surface area (Å²) in [6.45, 7) is 2.46. The van der Waals surface area contributed by atoms with Gasteiger partial charge in [0.1, 0.15) is 17.2 Å². The monoisotopic (exact) mass is 492 g/mol. The third kappa shape index (κ3) is 4.13. The highest BCUT2D eigenvalue weighted by Gasteiger charge is 2.34. The molecule has 0 saturated carbocycles. The molecule has 1 fully saturated rings. The van der Waals surface area contributed by atoms with E-state index in [-0.39, 0.29) is 29.4 Å². The molecule has 178 valence electrons. The quantitative estimate of drug-likeness (QED) is 0.366. The number of aryl methyl sites for hydroxylation is 1. The second kappa shape index (κ2) is 8.89. The maximum absolute atomic E-state index is 12.9. The van der Waals surface area contributed by atoms with Gasteiger partial charge in [0.15, 0.2) is 10.8 Å². The third-order valence-corrected chi connectivity index (χ3v) is 6.60. The SMILES string of the molecule is Cc1cc(N2CC(C(=O)Nc3ccc(CO)cn3)C2)nc2c1c(=O)c(C(=O)O)cn2-c1nccs1. The lowest BCUT2D eigenvalue weighted by Crippen LogP contribution is -2.52. The van der Waals surface area contributed by atoms with Gasteiger partial charge in [0, 0.05) is 37.1 Å². The van der Waals surface area contributed by atoms with Crippen LogP contribution in [0.15, 0.2) is 47.0 Å². The topological polar surface area (TPSA) is 151 Å². The smallest absolute Gasteiger partial charge is 0.341 e. The van der Waals surface area contributed by atoms with Gasteiger partial charge in [-0.15, -0.1) is 11.3 Å². The van der Waals surface area contributed by atoms with Crippen molar-refractivity contribution >= 4 is 45.9 Å². The lowest BCUT2D eigenvalue weighted by molar-refractivity contribution is -0.120. The summed E-state index contributed by atoms with van der Waals surface area (Å²) >= 11 is 1.29. The number of fused-ring (bicyclic) bond motifs is 1. The summed E-state index contributed by atoms with van der Waals surface area (Å²) in [6.07, 6.45) is 4.34. The van der Waals surface area contributed by atoms with Gasteiger partial charge in [0.05, 0.1) is 17.9 Å². The minimum Gasteiger partial charge on any atom is -0.477 e. The van der Waals surface area contributed by atoms with E-state index in [9.17, 15) is 19.5 Å². The van der Waals surface area contributed by atoms with Crippen molar-refractivity contribution in [2.75, 3.05) is 23.3 Å². The molecule has 1 saturated heterocycles. The summed E-state index contributed by atoms with van der Waals surface area (Å²) in [6, 6.07) is 5.05. The van der Waals surface area contributed by atoms with Gasteiger partial charge in [-0.3, -0.25) is 14.2 Å². The van der Waals surface area contributed by atoms with Crippen LogP contribution in [0, 0.1) is 12.8 Å². The summed E-state index contributed by atoms with van der Waals surface area (Å²) in [5.74, 6) is -0.775. The van der Waals surface area contributed by atoms with Crippen LogP contribution in [0.25, 0.3) is 16.2 Å². The zero-order valence-electron chi connectivity index (χ0n) is 18.5. The normalized spacial score (nSPS) is 13.6. The molecule has 1 aliphatic rings. The van der Waals surface area contributed by atoms with E-state index in [1.54, 1.807) is 36.7 Å². The molecule has 5 heterocycles. The Morgan fingerprint density at radius 3 is 2.69 bits per heavy atom. The van der Waals surface area contributed by atoms with Crippen molar-refractivity contribution in [3.63, 3.8) is 0 Å². The number of carboxylic acids is 1. The highest BCUT2D eigenvalue weighted by Crippen LogP contribution is 2.29. The molecular formula is C23H20N6O5S. The summed E-state index contributed by atoms with van der Waals surface area (Å²) in [4.78, 5) is 52.1. The number of carbonyl (C=O) groups is 2. The highest BCUT2D eigenvalue weighted by atomic mass is 32.1. The number of pyridine rings is 3. The van der Waals surface area contributed by atoms with E-state index in [1.165, 1.54) is 28.3 Å². The molecule has 1 aliphatic heterocycles. The van der Waals surface area contributed by atoms with E-state index in [1.807, 2.05) is 4.90 Å². The molecule has 11 nitrogen and oxygen atoms in total. The number of rotatable bonds is 6. The Hall–Kier alpha value is -4.16. The molecule has 0 atom stereocenters. The van der Waals surface area contributed by atoms with E-state index in [4.69, 9.17) is 5.11 Å². The average molecular weight is 493 g/mol. The van der Waals surface area contributed by atoms with Crippen LogP contribution < -0.4 is 15.6 Å². The van der Waals surface area contributed by atoms with Crippen LogP contribution in [-0.4, -0.2) is 54.7 Å². The third-order valence-electron chi connectivity index (χ3n) is 5.83. The molecular weight excluding hydrogens is 472 g/mol. The number of anilines is 2. The maximum Gasteiger partial charge on any atom is 0.341 e. The van der Waals surface area contributed by atoms with Crippen molar-refractivity contribution < 1.29 is 19.8 Å². The number of thiazole rings is 1. The molecule has 0 bridgehead atoms. The molecule has 0 unspecified atom stereocenters. The van der Waals surface area contributed by atoms with Crippen LogP contribution in [-0.2, 0) is 11.4 Å². The van der Waals surface area contributed by atoms with Crippen LogP contribution in [0.2, 0.25) is 0 Å². The van der Waals surface area contributed by atoms with Crippen molar-refractivity contribution in [2.24, 2.45) is 5.92 Å². The van der Waals surface area contributed by atoms with Gasteiger partial charge >= 0.3 is 5.97 Å². The first-order valence-corrected chi connectivity index (χ1v) is 11.6. The zero-order valence-corrected chi connectivity index (χ0v) is 19.3. The van der Waals surface area contributed by atoms with E-state index in [0.29, 0.717) is 46.6 Å². The van der Waals surface area contributed by atoms with Crippen molar-refractivity contribution in [3.05, 3.63) is 69.1 Å². The number of hydrogen-bond acceptors (Lipinski definition) is 9. The molecule has 1 amide bonds. The van der Waals surface area contributed by atoms with E-state index < -0.39 is 11.4 Å². The predicted molar refractivity (Wildman–Crippen MR) is 129 cm³/mol. The van der Waals surface area contributed by atoms with Gasteiger partial charge in [-0.25, -0.2) is 19.7 Å². The van der Waals surface area contributed by atoms with Crippen molar-refractivity contribution in [3.8, 4) is 5.13 Å². The molecule has 3 N–H and O–H groups in total. The van der Waals surface area contributed by atoms with Crippen LogP contribution in [0.3, 0.4) is 0 Å². The Morgan fingerprint density at radius 1 is 1.26 bits per heavy atom. The molecule has 12 heteroatoms. The largest absolute Gasteiger partial charge is 0.477 e. The van der Waals surface area contributed by atoms with Gasteiger partial charge in [-0.1, -0.05) is 6.07 Å². The van der Waals surface area contributed by atoms with Gasteiger partial charge < -0.3 is 20.4 Å². The Morgan fingerprint density at radius 2 is 2.06 bits per heavy atom. The van der Waals surface area contributed by atoms with E-state index in [0.717, 1.165) is 0 Å². The first-order valence-electron chi connectivity index (χ1n) is 10.7. The summed E-state index contributed by atoms with van der Waals surface area (Å²) in [5, 5.41) is 23.9. The fourth-order valence-electron chi connectivity index (χ4n) is 3.92. The number of aromatic carboxylic acids is 1. The van der Waals surface area contributed by atoms with Crippen LogP contribution in [0.4, 0.5) is 11.6 Å². The molecule has 5 rings (SSSR count). The van der Waals surface area contributed by atoms with Gasteiger partial charge in [0.2, 0.25) is 11.3 Å². The molecule has 4 aromatic heterocycles. The number of nitrogens with zero attached hydrogens (tertiary/aromatic N) is 5. The Kier molecular flexibility index (Phi) is 5.75. The second-order valence-corrected chi connectivity index (χ2v) is 9.03. The number of hydrogen-bond donors (Lipinski definition) is 3. The fraction of sp³-hybridized carbons (Fsp3) is 0.217. The summed E-state index contributed by atoms with van der Waals surface area (Å²) in [5.41, 5.74) is 0.599. The summed E-state index contributed by atoms with van der Waals surface area (Å²) in [7, 11) is 0. The molecule has 0 spiro atoms. The standard InChI is InChI=1S/C23H20N6O5S/c1-12-6-17(28-8-14(9-28)21(32)26-16-3-2-13(11-30)7-25-16)27-20-18(12)19(31)15(22(33)34)10-29(20)23-24-4-5-35-23/h2-7,10,14,30H,8-9,11H2,1H3,(H,33,34)(H,25,26,32). The lowest BCUT2D eigenvalue weighted by atomic mass is 9.98. The molecule has 0 aliphatic carbocycles. The average Bonchev–Trinajstić information content (AvgIpc) is 3.33. The zero-order chi connectivity index (χ0) is 24.7. The van der Waals surface area contributed by atoms with Crippen molar-refractivity contribution in [1.82, 2.24) is 19.5 Å². The number of aliphatic hydroxyl groups is 1. The number of aliphatic hydroxyl groups excluding tert-OH is 1. The Bertz CT molecular complexity index is 1490. The predicted octanol–water partition coefficient (Wildman–Crippen LogP) is 1.81. The first-order chi connectivity index (χ1) is 16.9. The van der Waals surface area contributed by atoms with Gasteiger partial charge in [-0.2, -0.15) is 0 Å². The molecule has 0 aromatic carbocycles. The Labute approximate surface area is 202 Å². The number of aromatic nitrogens is 4. The minimum absolute atomic E-state index is 0.120. The van der Waals surface area contributed by atoms with Crippen molar-refractivity contribution in [2.45, 2.75) is 13.5 Å². The first kappa shape index (κ1) is 22.6. The number of nitrogens with one attached hydrogen (secondary N) is 1. The van der Waals surface area contributed by atoms with Crippen LogP contribution in [0.1, 0.15) is 21.5 Å². The number of carbonyl (C=O) groups excluding carboxylic acids is 1. The molecule has 35 heavy (non-hydrogen) atoms. The van der Waals surface area contributed by atoms with E-state index >= 15 is 0 Å². The van der Waals surface area contributed by atoms with Gasteiger partial charge in [0.25, 0.3) is 0 Å². The van der Waals surface area contributed by atoms with Crippen molar-refractivity contribution in [1.29, 1.82) is 0 Å². The maximum atomic E-state index is 12.9. The number of amides is 1. The van der Waals surface area contributed by atoms with E-state index in [2.05, 4.69) is 20.3 Å².